The van der Waals surface area contributed by atoms with E-state index in [2.05, 4.69) is 5.32 Å². The molecule has 0 saturated carbocycles. The molecule has 0 saturated heterocycles. The number of methoxy groups -OCH3 is 1. The van der Waals surface area contributed by atoms with Gasteiger partial charge in [-0.2, -0.15) is 0 Å². The molecule has 180 valence electrons. The number of aryl methyl sites for hydroxylation is 1. The molecule has 0 aromatic heterocycles. The number of nitrogens with zero attached hydrogens (tertiary/aromatic N) is 1. The van der Waals surface area contributed by atoms with Crippen molar-refractivity contribution >= 4 is 63.8 Å². The number of fused-ring (bicyclic) bond motifs is 3. The average Bonchev–Trinajstić information content (AvgIpc) is 3.08. The highest BCUT2D eigenvalue weighted by Crippen LogP contribution is 2.56. The standard InChI is InChI=1S/C25H20Cl3N3O4/c1-11-6-7-16-12(8-11)25(24(34)30-16)20-17(4-3-5-19(20)32)31(22(29)21(25)23(33)35-2)18-10-14(27)13(26)9-15(18)28/h6-10H,3-5,29H2,1-2H3,(H,30,34). The Morgan fingerprint density at radius 1 is 1.09 bits per heavy atom. The van der Waals surface area contributed by atoms with Crippen LogP contribution in [0.5, 0.6) is 0 Å². The molecule has 1 unspecified atom stereocenters. The molecule has 3 N–H and O–H groups in total. The number of ketones is 1. The van der Waals surface area contributed by atoms with Gasteiger partial charge in [0.25, 0.3) is 0 Å². The zero-order chi connectivity index (χ0) is 25.2. The van der Waals surface area contributed by atoms with Crippen molar-refractivity contribution in [3.8, 4) is 0 Å². The Hall–Kier alpha value is -3.00. The molecule has 0 fully saturated rings. The molecule has 1 amide bonds. The molecule has 0 bridgehead atoms. The first-order valence-corrected chi connectivity index (χ1v) is 12.0. The normalized spacial score (nSPS) is 21.3. The van der Waals surface area contributed by atoms with E-state index < -0.39 is 17.3 Å². The van der Waals surface area contributed by atoms with Gasteiger partial charge in [-0.3, -0.25) is 14.5 Å². The van der Waals surface area contributed by atoms with E-state index in [1.165, 1.54) is 24.1 Å². The summed E-state index contributed by atoms with van der Waals surface area (Å²) in [5.74, 6) is -1.71. The van der Waals surface area contributed by atoms with Crippen molar-refractivity contribution in [3.05, 3.63) is 79.2 Å². The molecule has 3 aliphatic rings. The molecule has 5 rings (SSSR count). The van der Waals surface area contributed by atoms with E-state index in [1.54, 1.807) is 12.1 Å². The van der Waals surface area contributed by atoms with Crippen molar-refractivity contribution < 1.29 is 19.1 Å². The Morgan fingerprint density at radius 2 is 1.80 bits per heavy atom. The zero-order valence-electron chi connectivity index (χ0n) is 18.8. The van der Waals surface area contributed by atoms with E-state index in [9.17, 15) is 14.4 Å². The maximum Gasteiger partial charge on any atom is 0.339 e. The van der Waals surface area contributed by atoms with Crippen LogP contribution in [-0.4, -0.2) is 24.8 Å². The zero-order valence-corrected chi connectivity index (χ0v) is 21.1. The summed E-state index contributed by atoms with van der Waals surface area (Å²) in [6.07, 6.45) is 1.17. The van der Waals surface area contributed by atoms with Gasteiger partial charge in [0.2, 0.25) is 5.91 Å². The summed E-state index contributed by atoms with van der Waals surface area (Å²) in [6, 6.07) is 8.35. The van der Waals surface area contributed by atoms with E-state index in [1.807, 2.05) is 13.0 Å². The Kier molecular flexibility index (Phi) is 5.62. The number of anilines is 2. The number of nitrogens with one attached hydrogen (secondary N) is 1. The Bertz CT molecular complexity index is 1410. The summed E-state index contributed by atoms with van der Waals surface area (Å²) in [5, 5.41) is 3.50. The van der Waals surface area contributed by atoms with Gasteiger partial charge in [0.05, 0.1) is 27.9 Å². The summed E-state index contributed by atoms with van der Waals surface area (Å²) < 4.78 is 5.12. The first-order chi connectivity index (χ1) is 16.6. The molecule has 1 atom stereocenters. The van der Waals surface area contributed by atoms with Crippen molar-refractivity contribution in [2.45, 2.75) is 31.6 Å². The fourth-order valence-electron chi connectivity index (χ4n) is 5.28. The molecule has 2 aromatic carbocycles. The van der Waals surface area contributed by atoms with Crippen LogP contribution in [0.2, 0.25) is 15.1 Å². The van der Waals surface area contributed by atoms with Gasteiger partial charge in [-0.15, -0.1) is 0 Å². The number of rotatable bonds is 2. The van der Waals surface area contributed by atoms with Crippen molar-refractivity contribution in [2.75, 3.05) is 17.3 Å². The second kappa shape index (κ2) is 8.29. The number of carbonyl (C=O) groups is 3. The lowest BCUT2D eigenvalue weighted by atomic mass is 9.63. The van der Waals surface area contributed by atoms with E-state index in [4.69, 9.17) is 45.3 Å². The number of benzene rings is 2. The molecular weight excluding hydrogens is 513 g/mol. The van der Waals surface area contributed by atoms with Crippen molar-refractivity contribution in [3.63, 3.8) is 0 Å². The third-order valence-electron chi connectivity index (χ3n) is 6.69. The van der Waals surface area contributed by atoms with Gasteiger partial charge in [-0.05, 0) is 38.0 Å². The second-order valence-electron chi connectivity index (χ2n) is 8.66. The van der Waals surface area contributed by atoms with Crippen LogP contribution in [0.4, 0.5) is 11.4 Å². The van der Waals surface area contributed by atoms with Crippen LogP contribution in [0.15, 0.2) is 53.0 Å². The van der Waals surface area contributed by atoms with Crippen LogP contribution in [0.3, 0.4) is 0 Å². The van der Waals surface area contributed by atoms with E-state index in [-0.39, 0.29) is 44.2 Å². The number of nitrogens with two attached hydrogens (primary N) is 1. The number of halogens is 3. The highest BCUT2D eigenvalue weighted by atomic mass is 35.5. The molecule has 2 aromatic rings. The smallest absolute Gasteiger partial charge is 0.339 e. The minimum absolute atomic E-state index is 0.0740. The molecule has 2 heterocycles. The van der Waals surface area contributed by atoms with Gasteiger partial charge in [0, 0.05) is 28.9 Å². The lowest BCUT2D eigenvalue weighted by molar-refractivity contribution is -0.138. The summed E-state index contributed by atoms with van der Waals surface area (Å²) in [7, 11) is 1.20. The molecule has 35 heavy (non-hydrogen) atoms. The Labute approximate surface area is 216 Å². The van der Waals surface area contributed by atoms with Crippen LogP contribution in [0, 0.1) is 6.92 Å². The van der Waals surface area contributed by atoms with Crippen LogP contribution >= 0.6 is 34.8 Å². The number of hydrogen-bond acceptors (Lipinski definition) is 6. The second-order valence-corrected chi connectivity index (χ2v) is 9.88. The predicted octanol–water partition coefficient (Wildman–Crippen LogP) is 5.02. The quantitative estimate of drug-likeness (QED) is 0.416. The lowest BCUT2D eigenvalue weighted by Gasteiger charge is -2.44. The maximum atomic E-state index is 13.8. The van der Waals surface area contributed by atoms with Gasteiger partial charge in [-0.25, -0.2) is 4.79 Å². The maximum absolute atomic E-state index is 13.8. The lowest BCUT2D eigenvalue weighted by Crippen LogP contribution is -2.53. The highest BCUT2D eigenvalue weighted by Gasteiger charge is 2.62. The minimum atomic E-state index is -1.76. The fourth-order valence-corrected chi connectivity index (χ4v) is 5.91. The molecule has 1 spiro atoms. The third kappa shape index (κ3) is 3.22. The highest BCUT2D eigenvalue weighted by molar-refractivity contribution is 6.44. The summed E-state index contributed by atoms with van der Waals surface area (Å²) in [4.78, 5) is 42.3. The van der Waals surface area contributed by atoms with Crippen molar-refractivity contribution in [1.82, 2.24) is 0 Å². The van der Waals surface area contributed by atoms with Gasteiger partial charge in [0.15, 0.2) is 5.78 Å². The fraction of sp³-hybridized carbons (Fsp3) is 0.240. The molecule has 1 aliphatic carbocycles. The Morgan fingerprint density at radius 3 is 2.51 bits per heavy atom. The number of ether oxygens (including phenoxy) is 1. The number of allylic oxidation sites excluding steroid dienone is 1. The first-order valence-electron chi connectivity index (χ1n) is 10.9. The van der Waals surface area contributed by atoms with Gasteiger partial charge in [-0.1, -0.05) is 52.5 Å². The van der Waals surface area contributed by atoms with Crippen LogP contribution in [-0.2, 0) is 24.5 Å². The van der Waals surface area contributed by atoms with Gasteiger partial charge in [0.1, 0.15) is 16.8 Å². The molecule has 7 nitrogen and oxygen atoms in total. The molecular formula is C25H20Cl3N3O4. The number of esters is 1. The number of carbonyl (C=O) groups excluding carboxylic acids is 3. The average molecular weight is 533 g/mol. The molecule has 2 aliphatic heterocycles. The molecule has 0 radical (unpaired) electrons. The largest absolute Gasteiger partial charge is 0.466 e. The SMILES string of the molecule is COC(=O)C1=C(N)N(c2cc(Cl)c(Cl)cc2Cl)C2=C(C(=O)CCC2)C12C(=O)Nc1ccc(C)cc12. The van der Waals surface area contributed by atoms with Gasteiger partial charge >= 0.3 is 5.97 Å². The van der Waals surface area contributed by atoms with E-state index in [0.29, 0.717) is 35.5 Å². The summed E-state index contributed by atoms with van der Waals surface area (Å²) in [6.45, 7) is 1.87. The van der Waals surface area contributed by atoms with Crippen LogP contribution in [0.1, 0.15) is 30.4 Å². The van der Waals surface area contributed by atoms with Crippen molar-refractivity contribution in [1.29, 1.82) is 0 Å². The number of Topliss-reactive ketones (excluding diaryl/α,β-unsaturated/α-hetero) is 1. The third-order valence-corrected chi connectivity index (χ3v) is 7.71. The van der Waals surface area contributed by atoms with E-state index >= 15 is 0 Å². The van der Waals surface area contributed by atoms with Crippen LogP contribution < -0.4 is 16.0 Å². The van der Waals surface area contributed by atoms with E-state index in [0.717, 1.165) is 5.56 Å². The Balaban J connectivity index is 1.93. The number of amides is 1. The first kappa shape index (κ1) is 23.7. The van der Waals surface area contributed by atoms with Crippen molar-refractivity contribution in [2.24, 2.45) is 5.73 Å². The van der Waals surface area contributed by atoms with Crippen LogP contribution in [0.25, 0.3) is 0 Å². The predicted molar refractivity (Wildman–Crippen MR) is 135 cm³/mol. The summed E-state index contributed by atoms with van der Waals surface area (Å²) in [5.41, 5.74) is 7.61. The monoisotopic (exact) mass is 531 g/mol. The topological polar surface area (TPSA) is 102 Å². The number of hydrogen-bond donors (Lipinski definition) is 2. The molecule has 10 heteroatoms. The summed E-state index contributed by atoms with van der Waals surface area (Å²) >= 11 is 19.0. The minimum Gasteiger partial charge on any atom is -0.466 e. The van der Waals surface area contributed by atoms with Gasteiger partial charge < -0.3 is 15.8 Å².